The highest BCUT2D eigenvalue weighted by atomic mass is 32.2. The molecule has 0 fully saturated rings. The first-order valence-electron chi connectivity index (χ1n) is 10.5. The molecule has 0 aliphatic heterocycles. The van der Waals surface area contributed by atoms with Crippen LogP contribution in [0.1, 0.15) is 35.3 Å². The molecule has 0 radical (unpaired) electrons. The number of aryl methyl sites for hydroxylation is 2. The summed E-state index contributed by atoms with van der Waals surface area (Å²) in [6, 6.07) is 18.9. The fourth-order valence-corrected chi connectivity index (χ4v) is 4.85. The van der Waals surface area contributed by atoms with E-state index in [4.69, 9.17) is 0 Å². The Morgan fingerprint density at radius 1 is 0.903 bits per heavy atom. The number of amides is 1. The lowest BCUT2D eigenvalue weighted by Crippen LogP contribution is -2.22. The van der Waals surface area contributed by atoms with Crippen molar-refractivity contribution in [2.24, 2.45) is 0 Å². The standard InChI is InChI=1S/C25H26N2O3S/c1-4-27-23-12-6-17(3)14-21(23)22-15-19(9-13-24(22)27)25(28)26-16-18-7-10-20(11-8-18)31(29,30)5-2/h6-15H,4-5,16H2,1-3H3,(H,26,28). The Balaban J connectivity index is 1.58. The number of benzene rings is 3. The van der Waals surface area contributed by atoms with Gasteiger partial charge in [-0.3, -0.25) is 4.79 Å². The van der Waals surface area contributed by atoms with E-state index in [-0.39, 0.29) is 11.7 Å². The van der Waals surface area contributed by atoms with Crippen LogP contribution in [0.4, 0.5) is 0 Å². The lowest BCUT2D eigenvalue weighted by atomic mass is 10.1. The Morgan fingerprint density at radius 3 is 2.19 bits per heavy atom. The summed E-state index contributed by atoms with van der Waals surface area (Å²) in [4.78, 5) is 13.1. The summed E-state index contributed by atoms with van der Waals surface area (Å²) in [5.41, 5.74) is 4.93. The van der Waals surface area contributed by atoms with Gasteiger partial charge in [0.2, 0.25) is 0 Å². The second kappa shape index (κ2) is 8.19. The summed E-state index contributed by atoms with van der Waals surface area (Å²) < 4.78 is 26.1. The zero-order valence-electron chi connectivity index (χ0n) is 18.0. The quantitative estimate of drug-likeness (QED) is 0.472. The van der Waals surface area contributed by atoms with E-state index in [2.05, 4.69) is 41.9 Å². The Kier molecular flexibility index (Phi) is 5.58. The van der Waals surface area contributed by atoms with Crippen LogP contribution in [0.25, 0.3) is 21.8 Å². The fraction of sp³-hybridized carbons (Fsp3) is 0.240. The molecule has 5 nitrogen and oxygen atoms in total. The molecule has 0 saturated heterocycles. The average Bonchev–Trinajstić information content (AvgIpc) is 3.09. The minimum absolute atomic E-state index is 0.0690. The number of hydrogen-bond acceptors (Lipinski definition) is 3. The van der Waals surface area contributed by atoms with E-state index in [1.807, 2.05) is 18.2 Å². The molecule has 31 heavy (non-hydrogen) atoms. The largest absolute Gasteiger partial charge is 0.348 e. The van der Waals surface area contributed by atoms with Gasteiger partial charge in [0.25, 0.3) is 5.91 Å². The van der Waals surface area contributed by atoms with Crippen molar-refractivity contribution in [3.05, 3.63) is 77.4 Å². The summed E-state index contributed by atoms with van der Waals surface area (Å²) in [6.07, 6.45) is 0. The molecule has 1 N–H and O–H groups in total. The van der Waals surface area contributed by atoms with Gasteiger partial charge in [0.05, 0.1) is 10.6 Å². The van der Waals surface area contributed by atoms with Crippen molar-refractivity contribution >= 4 is 37.6 Å². The monoisotopic (exact) mass is 434 g/mol. The molecule has 0 bridgehead atoms. The predicted molar refractivity (Wildman–Crippen MR) is 125 cm³/mol. The van der Waals surface area contributed by atoms with Crippen LogP contribution in [-0.4, -0.2) is 24.6 Å². The molecule has 3 aromatic carbocycles. The van der Waals surface area contributed by atoms with E-state index < -0.39 is 9.84 Å². The van der Waals surface area contributed by atoms with Gasteiger partial charge in [0.1, 0.15) is 0 Å². The van der Waals surface area contributed by atoms with Crippen LogP contribution in [-0.2, 0) is 22.9 Å². The van der Waals surface area contributed by atoms with Gasteiger partial charge >= 0.3 is 0 Å². The first-order chi connectivity index (χ1) is 14.8. The highest BCUT2D eigenvalue weighted by Crippen LogP contribution is 2.30. The molecule has 6 heteroatoms. The predicted octanol–water partition coefficient (Wildman–Crippen LogP) is 4.85. The topological polar surface area (TPSA) is 68.2 Å². The average molecular weight is 435 g/mol. The molecule has 1 aromatic heterocycles. The highest BCUT2D eigenvalue weighted by molar-refractivity contribution is 7.91. The van der Waals surface area contributed by atoms with Gasteiger partial charge in [-0.05, 0) is 61.9 Å². The van der Waals surface area contributed by atoms with Crippen LogP contribution in [0, 0.1) is 6.92 Å². The Labute approximate surface area is 182 Å². The van der Waals surface area contributed by atoms with Gasteiger partial charge in [0.15, 0.2) is 9.84 Å². The van der Waals surface area contributed by atoms with Gasteiger partial charge in [-0.1, -0.05) is 30.7 Å². The Morgan fingerprint density at radius 2 is 1.55 bits per heavy atom. The maximum atomic E-state index is 12.8. The third-order valence-electron chi connectivity index (χ3n) is 5.71. The third-order valence-corrected chi connectivity index (χ3v) is 7.46. The first-order valence-corrected chi connectivity index (χ1v) is 12.1. The zero-order chi connectivity index (χ0) is 22.2. The number of sulfone groups is 1. The van der Waals surface area contributed by atoms with Gasteiger partial charge < -0.3 is 9.88 Å². The number of fused-ring (bicyclic) bond motifs is 3. The van der Waals surface area contributed by atoms with Crippen LogP contribution >= 0.6 is 0 Å². The second-order valence-corrected chi connectivity index (χ2v) is 10.0. The van der Waals surface area contributed by atoms with Crippen LogP contribution in [0.5, 0.6) is 0 Å². The van der Waals surface area contributed by atoms with Gasteiger partial charge in [-0.15, -0.1) is 0 Å². The minimum atomic E-state index is -3.22. The SMILES string of the molecule is CCn1c2ccc(C)cc2c2cc(C(=O)NCc3ccc(S(=O)(=O)CC)cc3)ccc21. The number of hydrogen-bond donors (Lipinski definition) is 1. The number of rotatable bonds is 6. The molecule has 1 heterocycles. The molecule has 0 aliphatic rings. The maximum absolute atomic E-state index is 12.8. The third kappa shape index (κ3) is 3.95. The molecule has 4 rings (SSSR count). The summed E-state index contributed by atoms with van der Waals surface area (Å²) in [5.74, 6) is -0.0864. The summed E-state index contributed by atoms with van der Waals surface area (Å²) >= 11 is 0. The van der Waals surface area contributed by atoms with E-state index in [1.54, 1.807) is 31.2 Å². The van der Waals surface area contributed by atoms with Crippen LogP contribution in [0.2, 0.25) is 0 Å². The lowest BCUT2D eigenvalue weighted by molar-refractivity contribution is 0.0951. The molecule has 0 unspecified atom stereocenters. The van der Waals surface area contributed by atoms with E-state index in [9.17, 15) is 13.2 Å². The number of carbonyl (C=O) groups is 1. The van der Waals surface area contributed by atoms with Crippen molar-refractivity contribution < 1.29 is 13.2 Å². The van der Waals surface area contributed by atoms with Gasteiger partial charge in [0, 0.05) is 40.5 Å². The Bertz CT molecular complexity index is 1380. The molecule has 160 valence electrons. The van der Waals surface area contributed by atoms with E-state index in [0.29, 0.717) is 17.0 Å². The molecule has 0 aliphatic carbocycles. The molecule has 1 amide bonds. The fourth-order valence-electron chi connectivity index (χ4n) is 3.97. The van der Waals surface area contributed by atoms with Gasteiger partial charge in [-0.2, -0.15) is 0 Å². The molecular weight excluding hydrogens is 408 g/mol. The second-order valence-electron chi connectivity index (χ2n) is 7.73. The number of carbonyl (C=O) groups excluding carboxylic acids is 1. The maximum Gasteiger partial charge on any atom is 0.251 e. The van der Waals surface area contributed by atoms with Crippen molar-refractivity contribution in [1.82, 2.24) is 9.88 Å². The first kappa shape index (κ1) is 21.1. The summed E-state index contributed by atoms with van der Waals surface area (Å²) in [6.45, 7) is 7.01. The smallest absolute Gasteiger partial charge is 0.251 e. The number of nitrogens with one attached hydrogen (secondary N) is 1. The van der Waals surface area contributed by atoms with Crippen molar-refractivity contribution in [3.63, 3.8) is 0 Å². The highest BCUT2D eigenvalue weighted by Gasteiger charge is 2.14. The lowest BCUT2D eigenvalue weighted by Gasteiger charge is -2.08. The van der Waals surface area contributed by atoms with Gasteiger partial charge in [-0.25, -0.2) is 8.42 Å². The van der Waals surface area contributed by atoms with Crippen molar-refractivity contribution in [1.29, 1.82) is 0 Å². The van der Waals surface area contributed by atoms with E-state index >= 15 is 0 Å². The number of nitrogens with zero attached hydrogens (tertiary/aromatic N) is 1. The van der Waals surface area contributed by atoms with Crippen molar-refractivity contribution in [3.8, 4) is 0 Å². The van der Waals surface area contributed by atoms with Crippen LogP contribution < -0.4 is 5.32 Å². The molecule has 0 atom stereocenters. The van der Waals surface area contributed by atoms with Crippen molar-refractivity contribution in [2.75, 3.05) is 5.75 Å². The van der Waals surface area contributed by atoms with Crippen LogP contribution in [0.3, 0.4) is 0 Å². The van der Waals surface area contributed by atoms with Crippen LogP contribution in [0.15, 0.2) is 65.6 Å². The molecule has 0 saturated carbocycles. The van der Waals surface area contributed by atoms with E-state index in [1.165, 1.54) is 11.1 Å². The molecule has 0 spiro atoms. The van der Waals surface area contributed by atoms with Crippen molar-refractivity contribution in [2.45, 2.75) is 38.8 Å². The Hall–Kier alpha value is -3.12. The zero-order valence-corrected chi connectivity index (χ0v) is 18.8. The molecular formula is C25H26N2O3S. The summed E-state index contributed by atoms with van der Waals surface area (Å²) in [5, 5.41) is 5.16. The summed E-state index contributed by atoms with van der Waals surface area (Å²) in [7, 11) is -3.22. The minimum Gasteiger partial charge on any atom is -0.348 e. The number of aromatic nitrogens is 1. The normalized spacial score (nSPS) is 11.8. The molecule has 4 aromatic rings. The van der Waals surface area contributed by atoms with E-state index in [0.717, 1.165) is 28.4 Å².